The monoisotopic (exact) mass is 566 g/mol. The summed E-state index contributed by atoms with van der Waals surface area (Å²) in [7, 11) is 0. The number of ketones is 1. The Bertz CT molecular complexity index is 1160. The van der Waals surface area contributed by atoms with Gasteiger partial charge < -0.3 is 0 Å². The van der Waals surface area contributed by atoms with Gasteiger partial charge in [0.2, 0.25) is 0 Å². The zero-order valence-electron chi connectivity index (χ0n) is 23.3. The van der Waals surface area contributed by atoms with Crippen LogP contribution in [0.25, 0.3) is 0 Å². The summed E-state index contributed by atoms with van der Waals surface area (Å²) >= 11 is 0. The van der Waals surface area contributed by atoms with Crippen LogP contribution in [-0.4, -0.2) is 41.8 Å². The Morgan fingerprint density at radius 2 is 1.36 bits per heavy atom. The highest BCUT2D eigenvalue weighted by atomic mass is 35.5. The number of nitrogens with zero attached hydrogens (tertiary/aromatic N) is 2. The second-order valence-electron chi connectivity index (χ2n) is 11.3. The zero-order valence-corrected chi connectivity index (χ0v) is 25.0. The van der Waals surface area contributed by atoms with Gasteiger partial charge in [-0.05, 0) is 92.8 Å². The molecule has 2 aliphatic heterocycles. The lowest BCUT2D eigenvalue weighted by atomic mass is 9.90. The van der Waals surface area contributed by atoms with Crippen LogP contribution < -0.4 is 0 Å². The van der Waals surface area contributed by atoms with E-state index in [2.05, 4.69) is 89.5 Å². The molecule has 0 atom stereocenters. The maximum Gasteiger partial charge on any atom is 0.162 e. The van der Waals surface area contributed by atoms with Gasteiger partial charge in [0, 0.05) is 38.2 Å². The average molecular weight is 568 g/mol. The minimum Gasteiger partial charge on any atom is -0.299 e. The van der Waals surface area contributed by atoms with Crippen molar-refractivity contribution in [3.05, 3.63) is 106 Å². The number of benzene rings is 3. The molecule has 0 unspecified atom stereocenters. The fraction of sp³-hybridized carbons (Fsp3) is 0.441. The van der Waals surface area contributed by atoms with Crippen molar-refractivity contribution in [3.63, 3.8) is 0 Å². The topological polar surface area (TPSA) is 23.6 Å². The predicted octanol–water partition coefficient (Wildman–Crippen LogP) is 7.70. The van der Waals surface area contributed by atoms with Crippen LogP contribution >= 0.6 is 24.8 Å². The highest BCUT2D eigenvalue weighted by Gasteiger charge is 2.20. The van der Waals surface area contributed by atoms with E-state index in [1.165, 1.54) is 60.2 Å². The summed E-state index contributed by atoms with van der Waals surface area (Å²) in [5, 5.41) is 0. The molecule has 2 heterocycles. The number of Topliss-reactive ketones (excluding diaryl/α,β-unsaturated/α-hetero) is 1. The quantitative estimate of drug-likeness (QED) is 0.248. The number of hydrogen-bond donors (Lipinski definition) is 0. The number of piperidine rings is 1. The van der Waals surface area contributed by atoms with Crippen LogP contribution in [0.4, 0.5) is 0 Å². The molecule has 1 fully saturated rings. The molecule has 0 bridgehead atoms. The van der Waals surface area contributed by atoms with Gasteiger partial charge in [0.1, 0.15) is 0 Å². The number of carbonyl (C=O) groups is 1. The molecule has 0 N–H and O–H groups in total. The van der Waals surface area contributed by atoms with E-state index in [0.717, 1.165) is 56.9 Å². The van der Waals surface area contributed by atoms with E-state index in [1.807, 2.05) is 0 Å². The zero-order chi connectivity index (χ0) is 25.5. The lowest BCUT2D eigenvalue weighted by molar-refractivity contribution is 0.0974. The summed E-state index contributed by atoms with van der Waals surface area (Å²) in [4.78, 5) is 18.2. The van der Waals surface area contributed by atoms with Crippen molar-refractivity contribution in [1.29, 1.82) is 0 Å². The maximum atomic E-state index is 13.0. The normalized spacial score (nSPS) is 16.4. The second kappa shape index (κ2) is 15.6. The molecule has 5 rings (SSSR count). The molecule has 1 saturated heterocycles. The third-order valence-corrected chi connectivity index (χ3v) is 8.42. The van der Waals surface area contributed by atoms with Crippen LogP contribution in [0.3, 0.4) is 0 Å². The van der Waals surface area contributed by atoms with Crippen molar-refractivity contribution in [3.8, 4) is 0 Å². The average Bonchev–Trinajstić information content (AvgIpc) is 3.13. The fourth-order valence-corrected chi connectivity index (χ4v) is 6.03. The van der Waals surface area contributed by atoms with Crippen molar-refractivity contribution in [2.45, 2.75) is 65.0 Å². The second-order valence-corrected chi connectivity index (χ2v) is 11.3. The van der Waals surface area contributed by atoms with Crippen LogP contribution in [0.1, 0.15) is 70.3 Å². The Labute approximate surface area is 247 Å². The summed E-state index contributed by atoms with van der Waals surface area (Å²) in [5.41, 5.74) is 7.84. The van der Waals surface area contributed by atoms with E-state index in [4.69, 9.17) is 0 Å². The van der Waals surface area contributed by atoms with Gasteiger partial charge in [-0.2, -0.15) is 0 Å². The first-order valence-corrected chi connectivity index (χ1v) is 14.3. The van der Waals surface area contributed by atoms with Crippen LogP contribution in [0.15, 0.2) is 72.8 Å². The molecule has 3 aromatic rings. The largest absolute Gasteiger partial charge is 0.299 e. The van der Waals surface area contributed by atoms with Gasteiger partial charge in [-0.1, -0.05) is 72.3 Å². The molecule has 210 valence electrons. The van der Waals surface area contributed by atoms with E-state index >= 15 is 0 Å². The number of likely N-dealkylation sites (tertiary alicyclic amines) is 1. The molecule has 0 aliphatic carbocycles. The first kappa shape index (κ1) is 31.4. The highest BCUT2D eigenvalue weighted by Crippen LogP contribution is 2.25. The molecule has 0 amide bonds. The predicted molar refractivity (Wildman–Crippen MR) is 167 cm³/mol. The number of halogens is 2. The Morgan fingerprint density at radius 3 is 2.05 bits per heavy atom. The van der Waals surface area contributed by atoms with Crippen molar-refractivity contribution in [2.75, 3.05) is 26.2 Å². The van der Waals surface area contributed by atoms with Gasteiger partial charge in [0.25, 0.3) is 0 Å². The van der Waals surface area contributed by atoms with Crippen molar-refractivity contribution < 1.29 is 4.79 Å². The number of aryl methyl sites for hydroxylation is 1. The lowest BCUT2D eigenvalue weighted by Crippen LogP contribution is -2.33. The molecule has 39 heavy (non-hydrogen) atoms. The van der Waals surface area contributed by atoms with Crippen LogP contribution in [-0.2, 0) is 25.9 Å². The minimum absolute atomic E-state index is 0. The number of carbonyl (C=O) groups excluding carboxylic acids is 1. The van der Waals surface area contributed by atoms with Crippen LogP contribution in [0.2, 0.25) is 0 Å². The summed E-state index contributed by atoms with van der Waals surface area (Å²) < 4.78 is 0. The SMILES string of the molecule is Cc1ccc(CN2CCC(CCCC(=O)c3ccc4c(c3)CCN(Cc3ccccc3)CC4)CC2)cc1.Cl.Cl. The molecule has 3 nitrogen and oxygen atoms in total. The van der Waals surface area contributed by atoms with Gasteiger partial charge >= 0.3 is 0 Å². The molecule has 2 aliphatic rings. The van der Waals surface area contributed by atoms with Crippen molar-refractivity contribution in [1.82, 2.24) is 9.80 Å². The van der Waals surface area contributed by atoms with Crippen molar-refractivity contribution in [2.24, 2.45) is 5.92 Å². The molecule has 3 aromatic carbocycles. The molecular weight excluding hydrogens is 523 g/mol. The minimum atomic E-state index is 0. The Kier molecular flexibility index (Phi) is 12.5. The fourth-order valence-electron chi connectivity index (χ4n) is 6.03. The summed E-state index contributed by atoms with van der Waals surface area (Å²) in [6.07, 6.45) is 7.51. The van der Waals surface area contributed by atoms with Crippen LogP contribution in [0, 0.1) is 12.8 Å². The molecule has 0 saturated carbocycles. The van der Waals surface area contributed by atoms with E-state index in [1.54, 1.807) is 0 Å². The van der Waals surface area contributed by atoms with E-state index in [-0.39, 0.29) is 24.8 Å². The van der Waals surface area contributed by atoms with Gasteiger partial charge in [-0.3, -0.25) is 14.6 Å². The Balaban J connectivity index is 0.00000210. The standard InChI is InChI=1S/C34H42N2O.2ClH/c1-27-10-12-30(13-11-27)26-35-20-16-28(17-21-35)8-5-9-34(37)33-15-14-31-18-22-36(23-19-32(31)24-33)25-29-6-3-2-4-7-29;;/h2-4,6-7,10-15,24,28H,5,8-9,16-23,25-26H2,1H3;2*1H. The molecule has 0 spiro atoms. The maximum absolute atomic E-state index is 13.0. The van der Waals surface area contributed by atoms with Crippen LogP contribution in [0.5, 0.6) is 0 Å². The number of rotatable bonds is 9. The first-order chi connectivity index (χ1) is 18.1. The van der Waals surface area contributed by atoms with Gasteiger partial charge in [-0.15, -0.1) is 24.8 Å². The molecule has 5 heteroatoms. The van der Waals surface area contributed by atoms with E-state index in [0.29, 0.717) is 12.2 Å². The third kappa shape index (κ3) is 9.18. The van der Waals surface area contributed by atoms with E-state index in [9.17, 15) is 4.79 Å². The van der Waals surface area contributed by atoms with E-state index < -0.39 is 0 Å². The van der Waals surface area contributed by atoms with Gasteiger partial charge in [-0.25, -0.2) is 0 Å². The highest BCUT2D eigenvalue weighted by molar-refractivity contribution is 5.96. The van der Waals surface area contributed by atoms with Gasteiger partial charge in [0.15, 0.2) is 5.78 Å². The Hall–Kier alpha value is -2.17. The number of fused-ring (bicyclic) bond motifs is 1. The lowest BCUT2D eigenvalue weighted by Gasteiger charge is -2.32. The molecule has 0 aromatic heterocycles. The summed E-state index contributed by atoms with van der Waals surface area (Å²) in [6, 6.07) is 26.2. The first-order valence-electron chi connectivity index (χ1n) is 14.3. The summed E-state index contributed by atoms with van der Waals surface area (Å²) in [5.74, 6) is 1.09. The molecular formula is C34H44Cl2N2O. The summed E-state index contributed by atoms with van der Waals surface area (Å²) in [6.45, 7) is 8.71. The third-order valence-electron chi connectivity index (χ3n) is 8.42. The Morgan fingerprint density at radius 1 is 0.744 bits per heavy atom. The van der Waals surface area contributed by atoms with Gasteiger partial charge in [0.05, 0.1) is 0 Å². The number of hydrogen-bond acceptors (Lipinski definition) is 3. The smallest absolute Gasteiger partial charge is 0.162 e. The van der Waals surface area contributed by atoms with Crippen molar-refractivity contribution >= 4 is 30.6 Å². The molecule has 0 radical (unpaired) electrons.